The number of hydrogen-bond donors (Lipinski definition) is 3. The zero-order valence-corrected chi connectivity index (χ0v) is 7.61. The second-order valence-corrected chi connectivity index (χ2v) is 2.86. The van der Waals surface area contributed by atoms with Crippen molar-refractivity contribution in [2.75, 3.05) is 6.73 Å². The van der Waals surface area contributed by atoms with Crippen molar-refractivity contribution in [1.82, 2.24) is 5.32 Å². The SMILES string of the molecule is CC(C)[C@H](N)C(=O)OCNC(=O)O. The number of carboxylic acid groups (broad SMARTS) is 1. The number of nitrogens with one attached hydrogen (secondary N) is 1. The van der Waals surface area contributed by atoms with Crippen LogP contribution in [0.4, 0.5) is 4.79 Å². The lowest BCUT2D eigenvalue weighted by Crippen LogP contribution is -2.39. The molecule has 0 aliphatic rings. The van der Waals surface area contributed by atoms with Gasteiger partial charge in [-0.2, -0.15) is 0 Å². The Morgan fingerprint density at radius 1 is 1.54 bits per heavy atom. The quantitative estimate of drug-likeness (QED) is 0.418. The van der Waals surface area contributed by atoms with Gasteiger partial charge in [-0.3, -0.25) is 10.1 Å². The molecule has 1 atom stereocenters. The van der Waals surface area contributed by atoms with Crippen molar-refractivity contribution in [3.05, 3.63) is 0 Å². The van der Waals surface area contributed by atoms with Gasteiger partial charge in [0.05, 0.1) is 0 Å². The van der Waals surface area contributed by atoms with Crippen LogP contribution in [0.15, 0.2) is 0 Å². The van der Waals surface area contributed by atoms with Gasteiger partial charge in [-0.15, -0.1) is 0 Å². The predicted molar refractivity (Wildman–Crippen MR) is 44.9 cm³/mol. The van der Waals surface area contributed by atoms with Crippen LogP contribution in [-0.4, -0.2) is 29.9 Å². The highest BCUT2D eigenvalue weighted by molar-refractivity contribution is 5.76. The Morgan fingerprint density at radius 3 is 2.46 bits per heavy atom. The van der Waals surface area contributed by atoms with E-state index in [2.05, 4.69) is 4.74 Å². The molecular weight excluding hydrogens is 176 g/mol. The van der Waals surface area contributed by atoms with Crippen LogP contribution in [0.3, 0.4) is 0 Å². The van der Waals surface area contributed by atoms with Gasteiger partial charge in [0.1, 0.15) is 6.04 Å². The van der Waals surface area contributed by atoms with Crippen LogP contribution in [-0.2, 0) is 9.53 Å². The lowest BCUT2D eigenvalue weighted by molar-refractivity contribution is -0.146. The molecule has 0 aromatic carbocycles. The van der Waals surface area contributed by atoms with Crippen LogP contribution < -0.4 is 11.1 Å². The van der Waals surface area contributed by atoms with E-state index in [9.17, 15) is 9.59 Å². The largest absolute Gasteiger partial charge is 0.465 e. The summed E-state index contributed by atoms with van der Waals surface area (Å²) >= 11 is 0. The molecule has 1 amide bonds. The third kappa shape index (κ3) is 5.02. The van der Waals surface area contributed by atoms with E-state index < -0.39 is 18.1 Å². The van der Waals surface area contributed by atoms with Gasteiger partial charge in [0.15, 0.2) is 6.73 Å². The molecule has 0 rings (SSSR count). The zero-order valence-electron chi connectivity index (χ0n) is 7.61. The van der Waals surface area contributed by atoms with Crippen molar-refractivity contribution in [2.45, 2.75) is 19.9 Å². The van der Waals surface area contributed by atoms with E-state index in [1.54, 1.807) is 13.8 Å². The van der Waals surface area contributed by atoms with Gasteiger partial charge in [-0.05, 0) is 5.92 Å². The third-order valence-electron chi connectivity index (χ3n) is 1.43. The summed E-state index contributed by atoms with van der Waals surface area (Å²) in [6.45, 7) is 3.18. The molecule has 0 spiro atoms. The Hall–Kier alpha value is -1.30. The molecule has 0 unspecified atom stereocenters. The molecule has 0 aliphatic carbocycles. The summed E-state index contributed by atoms with van der Waals surface area (Å²) in [7, 11) is 0. The molecule has 0 fully saturated rings. The summed E-state index contributed by atoms with van der Waals surface area (Å²) in [5.74, 6) is -0.638. The highest BCUT2D eigenvalue weighted by atomic mass is 16.5. The van der Waals surface area contributed by atoms with Gasteiger partial charge in [0.2, 0.25) is 0 Å². The number of esters is 1. The van der Waals surface area contributed by atoms with Crippen molar-refractivity contribution in [2.24, 2.45) is 11.7 Å². The second kappa shape index (κ2) is 5.36. The number of hydrogen-bond acceptors (Lipinski definition) is 4. The van der Waals surface area contributed by atoms with Crippen LogP contribution in [0.1, 0.15) is 13.8 Å². The summed E-state index contributed by atoms with van der Waals surface area (Å²) in [5.41, 5.74) is 5.43. The van der Waals surface area contributed by atoms with E-state index in [1.807, 2.05) is 5.32 Å². The summed E-state index contributed by atoms with van der Waals surface area (Å²) in [6.07, 6.45) is -1.24. The molecule has 6 nitrogen and oxygen atoms in total. The maximum absolute atomic E-state index is 11.0. The lowest BCUT2D eigenvalue weighted by Gasteiger charge is -2.13. The fourth-order valence-corrected chi connectivity index (χ4v) is 0.537. The van der Waals surface area contributed by atoms with Crippen molar-refractivity contribution in [3.63, 3.8) is 0 Å². The average Bonchev–Trinajstić information content (AvgIpc) is 2.02. The van der Waals surface area contributed by atoms with E-state index >= 15 is 0 Å². The van der Waals surface area contributed by atoms with E-state index in [4.69, 9.17) is 10.8 Å². The number of amides is 1. The molecule has 0 saturated heterocycles. The normalized spacial score (nSPS) is 12.3. The van der Waals surface area contributed by atoms with Crippen molar-refractivity contribution < 1.29 is 19.4 Å². The molecule has 4 N–H and O–H groups in total. The minimum Gasteiger partial charge on any atom is -0.465 e. The molecule has 0 heterocycles. The molecule has 0 aromatic heterocycles. The maximum Gasteiger partial charge on any atom is 0.407 e. The Balaban J connectivity index is 3.68. The molecule has 6 heteroatoms. The van der Waals surface area contributed by atoms with Gasteiger partial charge >= 0.3 is 12.1 Å². The number of ether oxygens (including phenoxy) is 1. The van der Waals surface area contributed by atoms with Crippen LogP contribution in [0.2, 0.25) is 0 Å². The van der Waals surface area contributed by atoms with Gasteiger partial charge in [-0.25, -0.2) is 4.79 Å². The number of rotatable bonds is 4. The minimum atomic E-state index is -1.24. The molecule has 0 saturated carbocycles. The second-order valence-electron chi connectivity index (χ2n) is 2.86. The zero-order chi connectivity index (χ0) is 10.4. The Kier molecular flexibility index (Phi) is 4.83. The van der Waals surface area contributed by atoms with E-state index in [0.717, 1.165) is 0 Å². The molecular formula is C7H14N2O4. The van der Waals surface area contributed by atoms with E-state index in [-0.39, 0.29) is 12.6 Å². The van der Waals surface area contributed by atoms with E-state index in [1.165, 1.54) is 0 Å². The summed E-state index contributed by atoms with van der Waals surface area (Å²) < 4.78 is 4.52. The van der Waals surface area contributed by atoms with Gasteiger partial charge in [0.25, 0.3) is 0 Å². The Bertz CT molecular complexity index is 193. The first-order chi connectivity index (χ1) is 5.95. The number of nitrogens with two attached hydrogens (primary N) is 1. The maximum atomic E-state index is 11.0. The Morgan fingerprint density at radius 2 is 2.08 bits per heavy atom. The molecule has 0 bridgehead atoms. The fourth-order valence-electron chi connectivity index (χ4n) is 0.537. The van der Waals surface area contributed by atoms with Gasteiger partial charge in [0, 0.05) is 0 Å². The van der Waals surface area contributed by atoms with Crippen molar-refractivity contribution >= 4 is 12.1 Å². The molecule has 13 heavy (non-hydrogen) atoms. The first kappa shape index (κ1) is 11.7. The van der Waals surface area contributed by atoms with Crippen LogP contribution in [0, 0.1) is 5.92 Å². The van der Waals surface area contributed by atoms with Crippen molar-refractivity contribution in [1.29, 1.82) is 0 Å². The summed E-state index contributed by atoms with van der Waals surface area (Å²) in [6, 6.07) is -0.712. The van der Waals surface area contributed by atoms with Crippen molar-refractivity contribution in [3.8, 4) is 0 Å². The smallest absolute Gasteiger partial charge is 0.407 e. The van der Waals surface area contributed by atoms with Crippen LogP contribution in [0.25, 0.3) is 0 Å². The average molecular weight is 190 g/mol. The first-order valence-electron chi connectivity index (χ1n) is 3.84. The molecule has 0 aliphatic heterocycles. The standard InChI is InChI=1S/C7H14N2O4/c1-4(2)5(8)6(10)13-3-9-7(11)12/h4-5,9H,3,8H2,1-2H3,(H,11,12)/t5-/m0/s1. The lowest BCUT2D eigenvalue weighted by atomic mass is 10.1. The predicted octanol–water partition coefficient (Wildman–Crippen LogP) is -0.262. The fraction of sp³-hybridized carbons (Fsp3) is 0.714. The highest BCUT2D eigenvalue weighted by Gasteiger charge is 2.18. The van der Waals surface area contributed by atoms with Gasteiger partial charge < -0.3 is 15.6 Å². The molecule has 76 valence electrons. The summed E-state index contributed by atoms with van der Waals surface area (Å²) in [5, 5.41) is 10.0. The monoisotopic (exact) mass is 190 g/mol. The molecule has 0 radical (unpaired) electrons. The number of carbonyl (C=O) groups is 2. The Labute approximate surface area is 76.0 Å². The van der Waals surface area contributed by atoms with Crippen LogP contribution in [0.5, 0.6) is 0 Å². The van der Waals surface area contributed by atoms with E-state index in [0.29, 0.717) is 0 Å². The number of carbonyl (C=O) groups excluding carboxylic acids is 1. The highest BCUT2D eigenvalue weighted by Crippen LogP contribution is 1.99. The van der Waals surface area contributed by atoms with Crippen LogP contribution >= 0.6 is 0 Å². The first-order valence-corrected chi connectivity index (χ1v) is 3.84. The minimum absolute atomic E-state index is 0.0303. The molecule has 0 aromatic rings. The third-order valence-corrected chi connectivity index (χ3v) is 1.43. The summed E-state index contributed by atoms with van der Waals surface area (Å²) in [4.78, 5) is 20.9. The topological polar surface area (TPSA) is 102 Å². The van der Waals surface area contributed by atoms with Gasteiger partial charge in [-0.1, -0.05) is 13.8 Å².